The molecule has 1 aromatic carbocycles. The molecular weight excluding hydrogens is 344 g/mol. The van der Waals surface area contributed by atoms with Crippen molar-refractivity contribution >= 4 is 23.5 Å². The van der Waals surface area contributed by atoms with Gasteiger partial charge in [-0.1, -0.05) is 19.1 Å². The molecule has 0 spiro atoms. The summed E-state index contributed by atoms with van der Waals surface area (Å²) in [6, 6.07) is 12.1. The molecule has 136 valence electrons. The van der Waals surface area contributed by atoms with Crippen molar-refractivity contribution in [3.8, 4) is 0 Å². The molecule has 0 radical (unpaired) electrons. The van der Waals surface area contributed by atoms with Crippen molar-refractivity contribution in [3.05, 3.63) is 47.7 Å². The molecule has 0 bridgehead atoms. The molecule has 1 amide bonds. The smallest absolute Gasteiger partial charge is 0.255 e. The van der Waals surface area contributed by atoms with Crippen LogP contribution in [-0.4, -0.2) is 52.9 Å². The van der Waals surface area contributed by atoms with Crippen LogP contribution in [0.1, 0.15) is 41.7 Å². The summed E-state index contributed by atoms with van der Waals surface area (Å²) in [6.45, 7) is 5.14. The molecule has 1 saturated heterocycles. The Morgan fingerprint density at radius 2 is 1.85 bits per heavy atom. The summed E-state index contributed by atoms with van der Waals surface area (Å²) < 4.78 is 0. The predicted octanol–water partition coefficient (Wildman–Crippen LogP) is 3.43. The number of aromatic nitrogens is 2. The molecule has 2 fully saturated rings. The van der Waals surface area contributed by atoms with Crippen LogP contribution in [-0.2, 0) is 0 Å². The number of carbonyl (C=O) groups is 1. The quantitative estimate of drug-likeness (QED) is 0.757. The van der Waals surface area contributed by atoms with Gasteiger partial charge in [0.1, 0.15) is 0 Å². The number of benzene rings is 1. The van der Waals surface area contributed by atoms with E-state index in [2.05, 4.69) is 34.2 Å². The summed E-state index contributed by atoms with van der Waals surface area (Å²) >= 11 is 1.72. The Hall–Kier alpha value is -2.08. The first-order chi connectivity index (χ1) is 12.8. The minimum Gasteiger partial charge on any atom is -0.352 e. The van der Waals surface area contributed by atoms with Gasteiger partial charge in [0.05, 0.1) is 11.3 Å². The van der Waals surface area contributed by atoms with Crippen molar-refractivity contribution in [3.63, 3.8) is 0 Å². The van der Waals surface area contributed by atoms with Gasteiger partial charge in [0.15, 0.2) is 5.82 Å². The lowest BCUT2D eigenvalue weighted by Crippen LogP contribution is -2.49. The fourth-order valence-corrected chi connectivity index (χ4v) is 4.13. The Morgan fingerprint density at radius 3 is 2.50 bits per heavy atom. The summed E-state index contributed by atoms with van der Waals surface area (Å²) in [7, 11) is 0. The summed E-state index contributed by atoms with van der Waals surface area (Å²) in [5, 5.41) is 8.77. The molecule has 5 nitrogen and oxygen atoms in total. The SMILES string of the molecule is CCSc1ccccc1C(=O)N1CCN(c2ccc(C3CC3)nn2)CC1. The summed E-state index contributed by atoms with van der Waals surface area (Å²) in [5.74, 6) is 2.65. The maximum atomic E-state index is 12.9. The normalized spacial score (nSPS) is 17.4. The number of amides is 1. The van der Waals surface area contributed by atoms with Crippen molar-refractivity contribution in [2.24, 2.45) is 0 Å². The fraction of sp³-hybridized carbons (Fsp3) is 0.450. The molecule has 4 rings (SSSR count). The molecule has 26 heavy (non-hydrogen) atoms. The minimum absolute atomic E-state index is 0.136. The lowest BCUT2D eigenvalue weighted by atomic mass is 10.2. The van der Waals surface area contributed by atoms with E-state index in [-0.39, 0.29) is 5.91 Å². The zero-order chi connectivity index (χ0) is 17.9. The summed E-state index contributed by atoms with van der Waals surface area (Å²) in [4.78, 5) is 18.2. The standard InChI is InChI=1S/C20H24N4OS/c1-2-26-18-6-4-3-5-16(18)20(25)24-13-11-23(12-14-24)19-10-9-17(21-22-19)15-7-8-15/h3-6,9-10,15H,2,7-8,11-14H2,1H3. The first-order valence-electron chi connectivity index (χ1n) is 9.36. The highest BCUT2D eigenvalue weighted by atomic mass is 32.2. The van der Waals surface area contributed by atoms with E-state index >= 15 is 0 Å². The van der Waals surface area contributed by atoms with E-state index in [9.17, 15) is 4.79 Å². The highest BCUT2D eigenvalue weighted by molar-refractivity contribution is 7.99. The number of anilines is 1. The van der Waals surface area contributed by atoms with Crippen molar-refractivity contribution in [1.82, 2.24) is 15.1 Å². The average molecular weight is 369 g/mol. The largest absolute Gasteiger partial charge is 0.352 e. The van der Waals surface area contributed by atoms with E-state index in [4.69, 9.17) is 0 Å². The maximum Gasteiger partial charge on any atom is 0.255 e. The molecule has 1 aliphatic heterocycles. The van der Waals surface area contributed by atoms with Gasteiger partial charge in [-0.05, 0) is 42.9 Å². The molecule has 1 saturated carbocycles. The Bertz CT molecular complexity index is 768. The second-order valence-corrected chi connectivity index (χ2v) is 8.10. The van der Waals surface area contributed by atoms with Gasteiger partial charge in [0.2, 0.25) is 0 Å². The Morgan fingerprint density at radius 1 is 1.08 bits per heavy atom. The van der Waals surface area contributed by atoms with Crippen LogP contribution >= 0.6 is 11.8 Å². The van der Waals surface area contributed by atoms with Crippen LogP contribution in [0.5, 0.6) is 0 Å². The van der Waals surface area contributed by atoms with E-state index in [0.717, 1.165) is 53.9 Å². The van der Waals surface area contributed by atoms with Crippen LogP contribution in [0.2, 0.25) is 0 Å². The number of rotatable bonds is 5. The topological polar surface area (TPSA) is 49.3 Å². The number of hydrogen-bond acceptors (Lipinski definition) is 5. The second-order valence-electron chi connectivity index (χ2n) is 6.80. The van der Waals surface area contributed by atoms with Crippen LogP contribution in [0.25, 0.3) is 0 Å². The Kier molecular flexibility index (Phi) is 5.11. The monoisotopic (exact) mass is 368 g/mol. The molecular formula is C20H24N4OS. The molecule has 1 aliphatic carbocycles. The van der Waals surface area contributed by atoms with Gasteiger partial charge in [0.25, 0.3) is 5.91 Å². The molecule has 0 atom stereocenters. The lowest BCUT2D eigenvalue weighted by Gasteiger charge is -2.35. The predicted molar refractivity (Wildman–Crippen MR) is 105 cm³/mol. The first-order valence-corrected chi connectivity index (χ1v) is 10.3. The van der Waals surface area contributed by atoms with Crippen LogP contribution in [0.4, 0.5) is 5.82 Å². The second kappa shape index (κ2) is 7.66. The molecule has 2 aliphatic rings. The van der Waals surface area contributed by atoms with Crippen molar-refractivity contribution in [2.75, 3.05) is 36.8 Å². The molecule has 1 aromatic heterocycles. The van der Waals surface area contributed by atoms with Gasteiger partial charge in [-0.15, -0.1) is 16.9 Å². The van der Waals surface area contributed by atoms with Crippen LogP contribution < -0.4 is 4.90 Å². The summed E-state index contributed by atoms with van der Waals surface area (Å²) in [6.07, 6.45) is 2.49. The lowest BCUT2D eigenvalue weighted by molar-refractivity contribution is 0.0743. The number of carbonyl (C=O) groups excluding carboxylic acids is 1. The van der Waals surface area contributed by atoms with Crippen LogP contribution in [0, 0.1) is 0 Å². The van der Waals surface area contributed by atoms with Gasteiger partial charge >= 0.3 is 0 Å². The highest BCUT2D eigenvalue weighted by Crippen LogP contribution is 2.38. The maximum absolute atomic E-state index is 12.9. The van der Waals surface area contributed by atoms with Crippen molar-refractivity contribution in [2.45, 2.75) is 30.6 Å². The van der Waals surface area contributed by atoms with Gasteiger partial charge in [0, 0.05) is 37.0 Å². The van der Waals surface area contributed by atoms with E-state index in [1.807, 2.05) is 29.2 Å². The first kappa shape index (κ1) is 17.3. The Balaban J connectivity index is 1.39. The number of thioether (sulfide) groups is 1. The van der Waals surface area contributed by atoms with Crippen molar-refractivity contribution in [1.29, 1.82) is 0 Å². The number of piperazine rings is 1. The molecule has 2 aromatic rings. The van der Waals surface area contributed by atoms with E-state index in [1.165, 1.54) is 12.8 Å². The van der Waals surface area contributed by atoms with Crippen molar-refractivity contribution < 1.29 is 4.79 Å². The van der Waals surface area contributed by atoms with E-state index < -0.39 is 0 Å². The van der Waals surface area contributed by atoms with Crippen LogP contribution in [0.3, 0.4) is 0 Å². The number of hydrogen-bond donors (Lipinski definition) is 0. The van der Waals surface area contributed by atoms with Gasteiger partial charge in [-0.25, -0.2) is 0 Å². The van der Waals surface area contributed by atoms with Crippen LogP contribution in [0.15, 0.2) is 41.3 Å². The summed E-state index contributed by atoms with van der Waals surface area (Å²) in [5.41, 5.74) is 1.94. The average Bonchev–Trinajstić information content (AvgIpc) is 3.54. The fourth-order valence-electron chi connectivity index (χ4n) is 3.33. The van der Waals surface area contributed by atoms with E-state index in [1.54, 1.807) is 11.8 Å². The Labute approximate surface area is 158 Å². The third-order valence-electron chi connectivity index (χ3n) is 4.97. The zero-order valence-electron chi connectivity index (χ0n) is 15.1. The zero-order valence-corrected chi connectivity index (χ0v) is 15.9. The van der Waals surface area contributed by atoms with E-state index in [0.29, 0.717) is 5.92 Å². The highest BCUT2D eigenvalue weighted by Gasteiger charge is 2.27. The molecule has 0 unspecified atom stereocenters. The van der Waals surface area contributed by atoms with Gasteiger partial charge in [-0.2, -0.15) is 5.10 Å². The molecule has 6 heteroatoms. The third kappa shape index (κ3) is 3.70. The van der Waals surface area contributed by atoms with Gasteiger partial charge < -0.3 is 9.80 Å². The number of nitrogens with zero attached hydrogens (tertiary/aromatic N) is 4. The molecule has 0 N–H and O–H groups in total. The molecule has 2 heterocycles. The third-order valence-corrected chi connectivity index (χ3v) is 5.93. The minimum atomic E-state index is 0.136. The van der Waals surface area contributed by atoms with Gasteiger partial charge in [-0.3, -0.25) is 4.79 Å².